The summed E-state index contributed by atoms with van der Waals surface area (Å²) in [6.45, 7) is 5.28. The molecule has 0 radical (unpaired) electrons. The first-order valence-electron chi connectivity index (χ1n) is 6.85. The zero-order valence-corrected chi connectivity index (χ0v) is 12.2. The SMILES string of the molecule is Cc1cc(C(CCCC2CCCO2)NN)sc1C. The van der Waals surface area contributed by atoms with Crippen LogP contribution in [0.25, 0.3) is 0 Å². The Bertz CT molecular complexity index is 352. The van der Waals surface area contributed by atoms with Crippen molar-refractivity contribution in [2.24, 2.45) is 5.84 Å². The van der Waals surface area contributed by atoms with E-state index in [2.05, 4.69) is 25.3 Å². The Morgan fingerprint density at radius 2 is 2.39 bits per heavy atom. The molecule has 2 unspecified atom stereocenters. The summed E-state index contributed by atoms with van der Waals surface area (Å²) in [5.74, 6) is 5.68. The third-order valence-corrected chi connectivity index (χ3v) is 5.04. The lowest BCUT2D eigenvalue weighted by Gasteiger charge is -2.15. The fourth-order valence-electron chi connectivity index (χ4n) is 2.50. The molecule has 4 heteroatoms. The number of hydrogen-bond acceptors (Lipinski definition) is 4. The summed E-state index contributed by atoms with van der Waals surface area (Å²) in [6.07, 6.45) is 6.40. The van der Waals surface area contributed by atoms with Gasteiger partial charge in [-0.1, -0.05) is 0 Å². The van der Waals surface area contributed by atoms with Crippen molar-refractivity contribution in [3.05, 3.63) is 21.4 Å². The Morgan fingerprint density at radius 1 is 1.56 bits per heavy atom. The molecule has 3 N–H and O–H groups in total. The average molecular weight is 268 g/mol. The van der Waals surface area contributed by atoms with Gasteiger partial charge in [0.15, 0.2) is 0 Å². The summed E-state index contributed by atoms with van der Waals surface area (Å²) in [7, 11) is 0. The molecule has 0 aromatic carbocycles. The van der Waals surface area contributed by atoms with E-state index in [9.17, 15) is 0 Å². The van der Waals surface area contributed by atoms with Gasteiger partial charge in [-0.25, -0.2) is 0 Å². The topological polar surface area (TPSA) is 47.3 Å². The molecule has 0 aliphatic carbocycles. The largest absolute Gasteiger partial charge is 0.378 e. The Hall–Kier alpha value is -0.420. The molecule has 0 saturated carbocycles. The zero-order chi connectivity index (χ0) is 13.0. The minimum absolute atomic E-state index is 0.295. The van der Waals surface area contributed by atoms with Crippen LogP contribution in [0.3, 0.4) is 0 Å². The zero-order valence-electron chi connectivity index (χ0n) is 11.4. The summed E-state index contributed by atoms with van der Waals surface area (Å²) >= 11 is 1.86. The van der Waals surface area contributed by atoms with Gasteiger partial charge in [0, 0.05) is 16.4 Å². The van der Waals surface area contributed by atoms with Crippen LogP contribution in [-0.4, -0.2) is 12.7 Å². The van der Waals surface area contributed by atoms with Gasteiger partial charge in [-0.15, -0.1) is 11.3 Å². The number of nitrogens with two attached hydrogens (primary N) is 1. The lowest BCUT2D eigenvalue weighted by Crippen LogP contribution is -2.27. The van der Waals surface area contributed by atoms with Crippen LogP contribution in [0.2, 0.25) is 0 Å². The lowest BCUT2D eigenvalue weighted by molar-refractivity contribution is 0.101. The van der Waals surface area contributed by atoms with E-state index in [1.807, 2.05) is 11.3 Å². The molecule has 102 valence electrons. The van der Waals surface area contributed by atoms with Crippen LogP contribution in [0.5, 0.6) is 0 Å². The van der Waals surface area contributed by atoms with Crippen molar-refractivity contribution < 1.29 is 4.74 Å². The highest BCUT2D eigenvalue weighted by molar-refractivity contribution is 7.12. The maximum absolute atomic E-state index is 5.68. The van der Waals surface area contributed by atoms with Gasteiger partial charge in [0.1, 0.15) is 0 Å². The maximum Gasteiger partial charge on any atom is 0.0576 e. The van der Waals surface area contributed by atoms with E-state index in [4.69, 9.17) is 10.6 Å². The van der Waals surface area contributed by atoms with Crippen LogP contribution in [-0.2, 0) is 4.74 Å². The number of hydrazine groups is 1. The molecule has 1 fully saturated rings. The fraction of sp³-hybridized carbons (Fsp3) is 0.714. The first kappa shape index (κ1) is 14.0. The maximum atomic E-state index is 5.68. The Labute approximate surface area is 114 Å². The molecule has 2 heterocycles. The highest BCUT2D eigenvalue weighted by Crippen LogP contribution is 2.29. The molecule has 0 amide bonds. The smallest absolute Gasteiger partial charge is 0.0576 e. The van der Waals surface area contributed by atoms with E-state index in [0.29, 0.717) is 12.1 Å². The van der Waals surface area contributed by atoms with Crippen molar-refractivity contribution >= 4 is 11.3 Å². The molecule has 0 spiro atoms. The van der Waals surface area contributed by atoms with Crippen LogP contribution in [0.4, 0.5) is 0 Å². The van der Waals surface area contributed by atoms with Crippen molar-refractivity contribution in [2.75, 3.05) is 6.61 Å². The van der Waals surface area contributed by atoms with Crippen LogP contribution < -0.4 is 11.3 Å². The number of nitrogens with one attached hydrogen (secondary N) is 1. The Balaban J connectivity index is 1.81. The molecule has 1 aliphatic rings. The third-order valence-electron chi connectivity index (χ3n) is 3.77. The number of rotatable bonds is 6. The second-order valence-electron chi connectivity index (χ2n) is 5.17. The molecule has 1 aromatic heterocycles. The summed E-state index contributed by atoms with van der Waals surface area (Å²) in [5, 5.41) is 0. The predicted octanol–water partition coefficient (Wildman–Crippen LogP) is 3.22. The van der Waals surface area contributed by atoms with Crippen LogP contribution >= 0.6 is 11.3 Å². The van der Waals surface area contributed by atoms with E-state index in [0.717, 1.165) is 13.0 Å². The van der Waals surface area contributed by atoms with Gasteiger partial charge in [-0.2, -0.15) is 0 Å². The van der Waals surface area contributed by atoms with Crippen LogP contribution in [0.15, 0.2) is 6.07 Å². The molecular formula is C14H24N2OS. The fourth-order valence-corrected chi connectivity index (χ4v) is 3.64. The van der Waals surface area contributed by atoms with E-state index < -0.39 is 0 Å². The minimum Gasteiger partial charge on any atom is -0.378 e. The molecule has 1 aromatic rings. The highest BCUT2D eigenvalue weighted by atomic mass is 32.1. The number of aryl methyl sites for hydroxylation is 2. The number of thiophene rings is 1. The van der Waals surface area contributed by atoms with E-state index in [1.165, 1.54) is 41.0 Å². The van der Waals surface area contributed by atoms with Crippen LogP contribution in [0.1, 0.15) is 53.5 Å². The second kappa shape index (κ2) is 6.66. The summed E-state index contributed by atoms with van der Waals surface area (Å²) < 4.78 is 5.65. The molecule has 2 rings (SSSR count). The molecule has 0 bridgehead atoms. The van der Waals surface area contributed by atoms with E-state index >= 15 is 0 Å². The van der Waals surface area contributed by atoms with Gasteiger partial charge >= 0.3 is 0 Å². The quantitative estimate of drug-likeness (QED) is 0.615. The van der Waals surface area contributed by atoms with Crippen molar-refractivity contribution in [3.8, 4) is 0 Å². The molecule has 1 aliphatic heterocycles. The average Bonchev–Trinajstić information content (AvgIpc) is 2.96. The Kier molecular flexibility index (Phi) is 5.18. The second-order valence-corrected chi connectivity index (χ2v) is 6.46. The number of hydrogen-bond donors (Lipinski definition) is 2. The highest BCUT2D eigenvalue weighted by Gasteiger charge is 2.17. The van der Waals surface area contributed by atoms with Crippen molar-refractivity contribution in [3.63, 3.8) is 0 Å². The van der Waals surface area contributed by atoms with Gasteiger partial charge in [0.05, 0.1) is 12.1 Å². The molecule has 2 atom stereocenters. The lowest BCUT2D eigenvalue weighted by atomic mass is 10.0. The third kappa shape index (κ3) is 3.54. The van der Waals surface area contributed by atoms with E-state index in [-0.39, 0.29) is 0 Å². The molecule has 18 heavy (non-hydrogen) atoms. The summed E-state index contributed by atoms with van der Waals surface area (Å²) in [5.41, 5.74) is 4.32. The van der Waals surface area contributed by atoms with Gasteiger partial charge in [0.25, 0.3) is 0 Å². The van der Waals surface area contributed by atoms with Gasteiger partial charge in [-0.05, 0) is 57.6 Å². The van der Waals surface area contributed by atoms with Crippen LogP contribution in [0, 0.1) is 13.8 Å². The van der Waals surface area contributed by atoms with E-state index in [1.54, 1.807) is 0 Å². The first-order chi connectivity index (χ1) is 8.70. The number of ether oxygens (including phenoxy) is 1. The summed E-state index contributed by atoms with van der Waals surface area (Å²) in [4.78, 5) is 2.75. The molecule has 1 saturated heterocycles. The normalized spacial score (nSPS) is 21.4. The standard InChI is InChI=1S/C14H24N2OS/c1-10-9-14(18-11(10)2)13(16-15)7-3-5-12-6-4-8-17-12/h9,12-13,16H,3-8,15H2,1-2H3. The van der Waals surface area contributed by atoms with Gasteiger partial charge in [-0.3, -0.25) is 11.3 Å². The molecule has 3 nitrogen and oxygen atoms in total. The Morgan fingerprint density at radius 3 is 2.94 bits per heavy atom. The monoisotopic (exact) mass is 268 g/mol. The molecular weight excluding hydrogens is 244 g/mol. The van der Waals surface area contributed by atoms with Crippen molar-refractivity contribution in [1.29, 1.82) is 0 Å². The van der Waals surface area contributed by atoms with Crippen molar-refractivity contribution in [2.45, 2.75) is 58.1 Å². The van der Waals surface area contributed by atoms with Gasteiger partial charge in [0.2, 0.25) is 0 Å². The minimum atomic E-state index is 0.295. The van der Waals surface area contributed by atoms with Crippen molar-refractivity contribution in [1.82, 2.24) is 5.43 Å². The summed E-state index contributed by atoms with van der Waals surface area (Å²) in [6, 6.07) is 2.56. The first-order valence-corrected chi connectivity index (χ1v) is 7.67. The van der Waals surface area contributed by atoms with Gasteiger partial charge < -0.3 is 4.74 Å². The predicted molar refractivity (Wildman–Crippen MR) is 76.7 cm³/mol.